The van der Waals surface area contributed by atoms with Crippen LogP contribution in [0.2, 0.25) is 6.04 Å². The van der Waals surface area contributed by atoms with Crippen molar-refractivity contribution in [3.8, 4) is 5.75 Å². The maximum atomic E-state index is 5.56. The Kier molecular flexibility index (Phi) is 3.87. The first kappa shape index (κ1) is 9.33. The van der Waals surface area contributed by atoms with Gasteiger partial charge in [-0.2, -0.15) is 0 Å². The Bertz CT molecular complexity index is 235. The van der Waals surface area contributed by atoms with Gasteiger partial charge < -0.3 is 4.43 Å². The van der Waals surface area contributed by atoms with Gasteiger partial charge in [-0.05, 0) is 30.7 Å². The topological polar surface area (TPSA) is 9.23 Å². The third-order valence-corrected chi connectivity index (χ3v) is 2.62. The van der Waals surface area contributed by atoms with Gasteiger partial charge in [0.2, 0.25) is 0 Å². The van der Waals surface area contributed by atoms with Gasteiger partial charge in [0.25, 0.3) is 0 Å². The number of aryl methyl sites for hydroxylation is 1. The lowest BCUT2D eigenvalue weighted by atomic mass is 10.2. The molecule has 0 amide bonds. The molecule has 12 heavy (non-hydrogen) atoms. The van der Waals surface area contributed by atoms with Crippen LogP contribution in [0.15, 0.2) is 24.3 Å². The minimum absolute atomic E-state index is 0.606. The second kappa shape index (κ2) is 4.98. The third kappa shape index (κ3) is 3.09. The molecule has 0 aliphatic rings. The van der Waals surface area contributed by atoms with E-state index in [-0.39, 0.29) is 0 Å². The van der Waals surface area contributed by atoms with E-state index >= 15 is 0 Å². The highest BCUT2D eigenvalue weighted by Gasteiger charge is 1.94. The molecule has 1 rings (SSSR count). The summed E-state index contributed by atoms with van der Waals surface area (Å²) in [6, 6.07) is 9.35. The van der Waals surface area contributed by atoms with Crippen LogP contribution in [-0.4, -0.2) is 9.76 Å². The van der Waals surface area contributed by atoms with Gasteiger partial charge in [0, 0.05) is 0 Å². The fraction of sp³-hybridized carbons (Fsp3) is 0.400. The summed E-state index contributed by atoms with van der Waals surface area (Å²) in [4.78, 5) is 0. The molecule has 2 radical (unpaired) electrons. The summed E-state index contributed by atoms with van der Waals surface area (Å²) >= 11 is 0. The second-order valence-electron chi connectivity index (χ2n) is 2.81. The average molecular weight is 178 g/mol. The summed E-state index contributed by atoms with van der Waals surface area (Å²) in [5.41, 5.74) is 1.26. The lowest BCUT2D eigenvalue weighted by Gasteiger charge is -2.03. The van der Waals surface area contributed by atoms with Crippen molar-refractivity contribution in [2.24, 2.45) is 0 Å². The van der Waals surface area contributed by atoms with Gasteiger partial charge in [-0.25, -0.2) is 0 Å². The highest BCUT2D eigenvalue weighted by molar-refractivity contribution is 6.28. The summed E-state index contributed by atoms with van der Waals surface area (Å²) in [6.07, 6.45) is 1.20. The average Bonchev–Trinajstić information content (AvgIpc) is 2.05. The van der Waals surface area contributed by atoms with E-state index in [1.54, 1.807) is 0 Å². The highest BCUT2D eigenvalue weighted by Crippen LogP contribution is 2.11. The molecule has 0 aliphatic carbocycles. The van der Waals surface area contributed by atoms with E-state index in [0.717, 1.165) is 11.8 Å². The van der Waals surface area contributed by atoms with Crippen LogP contribution < -0.4 is 4.43 Å². The molecule has 0 unspecified atom stereocenters. The molecular weight excluding hydrogens is 164 g/mol. The third-order valence-electron chi connectivity index (χ3n) is 1.53. The Morgan fingerprint density at radius 2 is 2.25 bits per heavy atom. The van der Waals surface area contributed by atoms with Crippen molar-refractivity contribution in [1.29, 1.82) is 0 Å². The summed E-state index contributed by atoms with van der Waals surface area (Å²) in [5.74, 6) is 1.00. The molecule has 0 heterocycles. The quantitative estimate of drug-likeness (QED) is 0.509. The van der Waals surface area contributed by atoms with E-state index in [1.807, 2.05) is 12.1 Å². The lowest BCUT2D eigenvalue weighted by molar-refractivity contribution is 0.590. The van der Waals surface area contributed by atoms with E-state index in [4.69, 9.17) is 4.43 Å². The first-order chi connectivity index (χ1) is 5.83. The Morgan fingerprint density at radius 1 is 1.42 bits per heavy atom. The number of rotatable bonds is 4. The van der Waals surface area contributed by atoms with Crippen molar-refractivity contribution >= 4 is 9.76 Å². The van der Waals surface area contributed by atoms with Gasteiger partial charge in [0.15, 0.2) is 0 Å². The fourth-order valence-electron chi connectivity index (χ4n) is 0.915. The largest absolute Gasteiger partial charge is 0.541 e. The number of hydrogen-bond acceptors (Lipinski definition) is 1. The van der Waals surface area contributed by atoms with Crippen LogP contribution in [0.25, 0.3) is 0 Å². The van der Waals surface area contributed by atoms with Gasteiger partial charge in [-0.1, -0.05) is 25.5 Å². The van der Waals surface area contributed by atoms with Crippen LogP contribution in [0.1, 0.15) is 18.9 Å². The smallest absolute Gasteiger partial charge is 0.310 e. The molecule has 0 atom stereocenters. The van der Waals surface area contributed by atoms with Crippen LogP contribution in [0.4, 0.5) is 0 Å². The van der Waals surface area contributed by atoms with Crippen molar-refractivity contribution in [2.45, 2.75) is 26.3 Å². The molecule has 1 nitrogen and oxygen atoms in total. The fourth-order valence-corrected chi connectivity index (χ4v) is 1.52. The van der Waals surface area contributed by atoms with Gasteiger partial charge in [0.1, 0.15) is 5.75 Å². The normalized spacial score (nSPS) is 9.83. The van der Waals surface area contributed by atoms with Crippen LogP contribution >= 0.6 is 0 Å². The summed E-state index contributed by atoms with van der Waals surface area (Å²) < 4.78 is 5.56. The summed E-state index contributed by atoms with van der Waals surface area (Å²) in [6.45, 7) is 4.25. The zero-order chi connectivity index (χ0) is 8.81. The minimum Gasteiger partial charge on any atom is -0.541 e. The van der Waals surface area contributed by atoms with E-state index in [2.05, 4.69) is 26.0 Å². The molecule has 0 bridgehead atoms. The molecule has 0 N–H and O–H groups in total. The maximum absolute atomic E-state index is 5.56. The van der Waals surface area contributed by atoms with Crippen LogP contribution in [0, 0.1) is 6.92 Å². The van der Waals surface area contributed by atoms with Crippen molar-refractivity contribution in [3.63, 3.8) is 0 Å². The first-order valence-corrected chi connectivity index (χ1v) is 5.41. The Labute approximate surface area is 76.7 Å². The molecule has 0 aliphatic heterocycles. The SMILES string of the molecule is CCC[Si]Oc1cccc(C)c1. The monoisotopic (exact) mass is 178 g/mol. The zero-order valence-corrected chi connectivity index (χ0v) is 8.63. The number of benzene rings is 1. The minimum atomic E-state index is 0.606. The Balaban J connectivity index is 2.41. The Hall–Kier alpha value is -0.763. The van der Waals surface area contributed by atoms with Crippen molar-refractivity contribution < 1.29 is 4.43 Å². The van der Waals surface area contributed by atoms with Gasteiger partial charge >= 0.3 is 9.76 Å². The molecule has 1 aromatic rings. The van der Waals surface area contributed by atoms with E-state index in [9.17, 15) is 0 Å². The van der Waals surface area contributed by atoms with Crippen molar-refractivity contribution in [3.05, 3.63) is 29.8 Å². The van der Waals surface area contributed by atoms with Crippen molar-refractivity contribution in [2.75, 3.05) is 0 Å². The standard InChI is InChI=1S/C10H14OSi/c1-3-7-12-11-10-6-4-5-9(2)8-10/h4-6,8H,3,7H2,1-2H3. The molecule has 64 valence electrons. The number of hydrogen-bond donors (Lipinski definition) is 0. The summed E-state index contributed by atoms with van der Waals surface area (Å²) in [7, 11) is 0.606. The second-order valence-corrected chi connectivity index (χ2v) is 3.81. The molecule has 2 heteroatoms. The molecule has 1 aromatic carbocycles. The van der Waals surface area contributed by atoms with Crippen LogP contribution in [0.3, 0.4) is 0 Å². The molecule has 0 spiro atoms. The lowest BCUT2D eigenvalue weighted by Crippen LogP contribution is -2.00. The Morgan fingerprint density at radius 3 is 2.92 bits per heavy atom. The van der Waals surface area contributed by atoms with E-state index < -0.39 is 0 Å². The van der Waals surface area contributed by atoms with Gasteiger partial charge in [-0.3, -0.25) is 0 Å². The van der Waals surface area contributed by atoms with Crippen LogP contribution in [-0.2, 0) is 0 Å². The molecular formula is C10H14OSi. The predicted octanol–water partition coefficient (Wildman–Crippen LogP) is 2.82. The van der Waals surface area contributed by atoms with Gasteiger partial charge in [0.05, 0.1) is 0 Å². The van der Waals surface area contributed by atoms with Gasteiger partial charge in [-0.15, -0.1) is 0 Å². The van der Waals surface area contributed by atoms with Crippen LogP contribution in [0.5, 0.6) is 5.75 Å². The van der Waals surface area contributed by atoms with Crippen molar-refractivity contribution in [1.82, 2.24) is 0 Å². The van der Waals surface area contributed by atoms with E-state index in [1.165, 1.54) is 12.0 Å². The maximum Gasteiger partial charge on any atom is 0.310 e. The molecule has 0 saturated carbocycles. The molecule has 0 aromatic heterocycles. The molecule has 0 fully saturated rings. The summed E-state index contributed by atoms with van der Waals surface area (Å²) in [5, 5.41) is 0. The highest BCUT2D eigenvalue weighted by atomic mass is 28.2. The predicted molar refractivity (Wildman–Crippen MR) is 52.7 cm³/mol. The zero-order valence-electron chi connectivity index (χ0n) is 7.63. The van der Waals surface area contributed by atoms with E-state index in [0.29, 0.717) is 9.76 Å². The molecule has 0 saturated heterocycles. The first-order valence-electron chi connectivity index (χ1n) is 4.29.